The van der Waals surface area contributed by atoms with Crippen molar-refractivity contribution in [2.75, 3.05) is 32.6 Å². The van der Waals surface area contributed by atoms with Gasteiger partial charge in [-0.3, -0.25) is 4.79 Å². The number of amides is 1. The van der Waals surface area contributed by atoms with E-state index in [0.29, 0.717) is 11.3 Å². The molecule has 182 valence electrons. The van der Waals surface area contributed by atoms with Crippen LogP contribution in [0.3, 0.4) is 0 Å². The Morgan fingerprint density at radius 3 is 2.91 bits per heavy atom. The second-order valence-electron chi connectivity index (χ2n) is 8.24. The molecule has 1 fully saturated rings. The zero-order valence-electron chi connectivity index (χ0n) is 20.2. The SMILES string of the molecule is C=CC(=C)N1CC[C@@H](N(C)C(=O)c2cc(Sc3cnc(Nc4ccccn4)s3)c(C)cc2OC)C1. The van der Waals surface area contributed by atoms with E-state index in [1.807, 2.05) is 55.4 Å². The Bertz CT molecular complexity index is 1230. The van der Waals surface area contributed by atoms with Crippen molar-refractivity contribution in [2.45, 2.75) is 28.5 Å². The zero-order chi connectivity index (χ0) is 24.9. The van der Waals surface area contributed by atoms with Crippen molar-refractivity contribution in [1.82, 2.24) is 19.8 Å². The first kappa shape index (κ1) is 24.8. The fraction of sp³-hybridized carbons (Fsp3) is 0.269. The van der Waals surface area contributed by atoms with Gasteiger partial charge in [-0.2, -0.15) is 0 Å². The summed E-state index contributed by atoms with van der Waals surface area (Å²) in [6.45, 7) is 11.5. The molecule has 9 heteroatoms. The van der Waals surface area contributed by atoms with Gasteiger partial charge in [-0.1, -0.05) is 42.3 Å². The average molecular weight is 508 g/mol. The minimum atomic E-state index is -0.0541. The van der Waals surface area contributed by atoms with E-state index in [9.17, 15) is 4.79 Å². The van der Waals surface area contributed by atoms with Gasteiger partial charge >= 0.3 is 0 Å². The van der Waals surface area contributed by atoms with Crippen molar-refractivity contribution in [1.29, 1.82) is 0 Å². The maximum atomic E-state index is 13.5. The van der Waals surface area contributed by atoms with Crippen LogP contribution in [0.15, 0.2) is 76.8 Å². The molecular formula is C26H29N5O2S2. The number of carbonyl (C=O) groups excluding carboxylic acids is 1. The van der Waals surface area contributed by atoms with Crippen LogP contribution in [-0.2, 0) is 0 Å². The third-order valence-corrected chi connectivity index (χ3v) is 8.17. The summed E-state index contributed by atoms with van der Waals surface area (Å²) in [4.78, 5) is 27.2. The van der Waals surface area contributed by atoms with Gasteiger partial charge < -0.3 is 19.9 Å². The third-order valence-electron chi connectivity index (χ3n) is 6.00. The largest absolute Gasteiger partial charge is 0.496 e. The van der Waals surface area contributed by atoms with Gasteiger partial charge in [-0.05, 0) is 49.2 Å². The molecule has 1 N–H and O–H groups in total. The fourth-order valence-corrected chi connectivity index (χ4v) is 5.88. The van der Waals surface area contributed by atoms with Gasteiger partial charge in [0.1, 0.15) is 11.6 Å². The number of hydrogen-bond donors (Lipinski definition) is 1. The first-order chi connectivity index (χ1) is 16.9. The molecule has 0 unspecified atom stereocenters. The van der Waals surface area contributed by atoms with Gasteiger partial charge in [-0.25, -0.2) is 9.97 Å². The Hall–Kier alpha value is -3.30. The summed E-state index contributed by atoms with van der Waals surface area (Å²) >= 11 is 3.13. The van der Waals surface area contributed by atoms with Crippen molar-refractivity contribution in [3.05, 3.63) is 78.8 Å². The molecule has 1 atom stereocenters. The lowest BCUT2D eigenvalue weighted by molar-refractivity contribution is 0.0734. The monoisotopic (exact) mass is 507 g/mol. The number of aromatic nitrogens is 2. The summed E-state index contributed by atoms with van der Waals surface area (Å²) in [7, 11) is 3.46. The van der Waals surface area contributed by atoms with Gasteiger partial charge in [0.05, 0.1) is 29.1 Å². The number of likely N-dealkylation sites (N-methyl/N-ethyl adjacent to an activating group) is 1. The predicted molar refractivity (Wildman–Crippen MR) is 143 cm³/mol. The van der Waals surface area contributed by atoms with Crippen molar-refractivity contribution >= 4 is 40.0 Å². The standard InChI is InChI=1S/C26H29N5O2S2/c1-6-18(3)31-12-10-19(16-31)30(4)25(32)20-14-22(17(2)13-21(20)33-5)34-24-15-28-26(35-24)29-23-9-7-8-11-27-23/h6-9,11,13-15,19H,1,3,10,12,16H2,2,4-5H3,(H,27,28,29)/t19-/m1/s1. The molecule has 35 heavy (non-hydrogen) atoms. The maximum Gasteiger partial charge on any atom is 0.257 e. The smallest absolute Gasteiger partial charge is 0.257 e. The first-order valence-corrected chi connectivity index (χ1v) is 12.9. The number of likely N-dealkylation sites (tertiary alicyclic amines) is 1. The van der Waals surface area contributed by atoms with Crippen LogP contribution < -0.4 is 10.1 Å². The molecule has 0 radical (unpaired) electrons. The second kappa shape index (κ2) is 11.0. The van der Waals surface area contributed by atoms with Crippen molar-refractivity contribution in [3.8, 4) is 5.75 Å². The highest BCUT2D eigenvalue weighted by molar-refractivity contribution is 8.01. The summed E-state index contributed by atoms with van der Waals surface area (Å²) < 4.78 is 6.60. The highest BCUT2D eigenvalue weighted by Crippen LogP contribution is 2.39. The number of rotatable bonds is 9. The number of nitrogens with zero attached hydrogens (tertiary/aromatic N) is 4. The molecule has 3 aromatic rings. The van der Waals surface area contributed by atoms with E-state index in [1.165, 1.54) is 11.3 Å². The molecule has 1 aliphatic heterocycles. The number of ether oxygens (including phenoxy) is 1. The Morgan fingerprint density at radius 2 is 2.20 bits per heavy atom. The van der Waals surface area contributed by atoms with Gasteiger partial charge in [0, 0.05) is 36.9 Å². The van der Waals surface area contributed by atoms with Crippen LogP contribution in [0.1, 0.15) is 22.3 Å². The highest BCUT2D eigenvalue weighted by atomic mass is 32.2. The normalized spacial score (nSPS) is 15.1. The zero-order valence-corrected chi connectivity index (χ0v) is 21.8. The number of pyridine rings is 1. The number of thiazole rings is 1. The van der Waals surface area contributed by atoms with E-state index in [0.717, 1.165) is 50.8 Å². The number of methoxy groups -OCH3 is 1. The van der Waals surface area contributed by atoms with Crippen molar-refractivity contribution in [2.24, 2.45) is 0 Å². The van der Waals surface area contributed by atoms with E-state index in [1.54, 1.807) is 31.1 Å². The lowest BCUT2D eigenvalue weighted by Gasteiger charge is -2.26. The summed E-state index contributed by atoms with van der Waals surface area (Å²) in [6.07, 6.45) is 6.21. The number of benzene rings is 1. The van der Waals surface area contributed by atoms with Gasteiger partial charge in [0.15, 0.2) is 5.13 Å². The lowest BCUT2D eigenvalue weighted by atomic mass is 10.1. The summed E-state index contributed by atoms with van der Waals surface area (Å²) in [6, 6.07) is 9.65. The van der Waals surface area contributed by atoms with Crippen molar-refractivity contribution < 1.29 is 9.53 Å². The van der Waals surface area contributed by atoms with Crippen LogP contribution in [0.25, 0.3) is 0 Å². The quantitative estimate of drug-likeness (QED) is 0.378. The number of aryl methyl sites for hydroxylation is 1. The molecule has 7 nitrogen and oxygen atoms in total. The Labute approximate surface area is 214 Å². The molecule has 4 rings (SSSR count). The van der Waals surface area contributed by atoms with Crippen LogP contribution in [0.5, 0.6) is 5.75 Å². The highest BCUT2D eigenvalue weighted by Gasteiger charge is 2.30. The molecule has 1 amide bonds. The van der Waals surface area contributed by atoms with Gasteiger partial charge in [0.2, 0.25) is 0 Å². The number of anilines is 2. The molecule has 0 bridgehead atoms. The minimum absolute atomic E-state index is 0.0541. The van der Waals surface area contributed by atoms with Crippen LogP contribution in [-0.4, -0.2) is 59.0 Å². The number of allylic oxidation sites excluding steroid dienone is 1. The van der Waals surface area contributed by atoms with E-state index < -0.39 is 0 Å². The molecule has 1 aliphatic rings. The summed E-state index contributed by atoms with van der Waals surface area (Å²) in [5.41, 5.74) is 2.48. The fourth-order valence-electron chi connectivity index (χ4n) is 3.93. The predicted octanol–water partition coefficient (Wildman–Crippen LogP) is 5.60. The molecule has 3 heterocycles. The van der Waals surface area contributed by atoms with Crippen LogP contribution in [0.4, 0.5) is 10.9 Å². The Balaban J connectivity index is 1.51. The van der Waals surface area contributed by atoms with E-state index in [2.05, 4.69) is 33.3 Å². The van der Waals surface area contributed by atoms with E-state index in [-0.39, 0.29) is 11.9 Å². The first-order valence-electron chi connectivity index (χ1n) is 11.2. The molecule has 0 saturated carbocycles. The Kier molecular flexibility index (Phi) is 7.77. The van der Waals surface area contributed by atoms with Gasteiger partial charge in [-0.15, -0.1) is 0 Å². The van der Waals surface area contributed by atoms with Crippen LogP contribution >= 0.6 is 23.1 Å². The van der Waals surface area contributed by atoms with E-state index in [4.69, 9.17) is 4.74 Å². The van der Waals surface area contributed by atoms with Crippen molar-refractivity contribution in [3.63, 3.8) is 0 Å². The lowest BCUT2D eigenvalue weighted by Crippen LogP contribution is -2.39. The maximum absolute atomic E-state index is 13.5. The second-order valence-corrected chi connectivity index (χ2v) is 10.6. The van der Waals surface area contributed by atoms with Gasteiger partial charge in [0.25, 0.3) is 5.91 Å². The molecule has 1 saturated heterocycles. The third kappa shape index (κ3) is 5.68. The van der Waals surface area contributed by atoms with Crippen LogP contribution in [0, 0.1) is 6.92 Å². The summed E-state index contributed by atoms with van der Waals surface area (Å²) in [5.74, 6) is 1.27. The number of nitrogens with one attached hydrogen (secondary N) is 1. The van der Waals surface area contributed by atoms with Crippen LogP contribution in [0.2, 0.25) is 0 Å². The number of hydrogen-bond acceptors (Lipinski definition) is 8. The topological polar surface area (TPSA) is 70.6 Å². The molecule has 0 aliphatic carbocycles. The minimum Gasteiger partial charge on any atom is -0.496 e. The molecule has 0 spiro atoms. The Morgan fingerprint density at radius 1 is 1.37 bits per heavy atom. The molecular weight excluding hydrogens is 478 g/mol. The molecule has 2 aromatic heterocycles. The molecule has 1 aromatic carbocycles. The number of carbonyl (C=O) groups is 1. The van der Waals surface area contributed by atoms with E-state index >= 15 is 0 Å². The average Bonchev–Trinajstić information content (AvgIpc) is 3.54. The summed E-state index contributed by atoms with van der Waals surface area (Å²) in [5, 5.41) is 3.98.